The highest BCUT2D eigenvalue weighted by Gasteiger charge is 2.14. The summed E-state index contributed by atoms with van der Waals surface area (Å²) in [5, 5.41) is 3.22. The van der Waals surface area contributed by atoms with E-state index in [1.807, 2.05) is 13.0 Å². The SMILES string of the molecule is CC1CNc2ccc(CF)cc2O1. The predicted molar refractivity (Wildman–Crippen MR) is 49.8 cm³/mol. The number of alkyl halides is 1. The highest BCUT2D eigenvalue weighted by atomic mass is 19.1. The number of rotatable bonds is 1. The van der Waals surface area contributed by atoms with E-state index in [-0.39, 0.29) is 6.10 Å². The molecule has 0 aliphatic carbocycles. The topological polar surface area (TPSA) is 21.3 Å². The van der Waals surface area contributed by atoms with Gasteiger partial charge in [0.1, 0.15) is 18.5 Å². The van der Waals surface area contributed by atoms with Crippen LogP contribution in [0, 0.1) is 0 Å². The van der Waals surface area contributed by atoms with Gasteiger partial charge in [-0.3, -0.25) is 0 Å². The molecule has 1 aromatic carbocycles. The minimum atomic E-state index is -0.439. The number of halogens is 1. The number of hydrogen-bond donors (Lipinski definition) is 1. The molecule has 1 aliphatic heterocycles. The van der Waals surface area contributed by atoms with Crippen LogP contribution in [0.15, 0.2) is 18.2 Å². The first-order chi connectivity index (χ1) is 6.29. The maximum absolute atomic E-state index is 12.3. The van der Waals surface area contributed by atoms with Crippen molar-refractivity contribution in [3.05, 3.63) is 23.8 Å². The minimum Gasteiger partial charge on any atom is -0.487 e. The average Bonchev–Trinajstić information content (AvgIpc) is 2.16. The highest BCUT2D eigenvalue weighted by molar-refractivity contribution is 5.59. The zero-order chi connectivity index (χ0) is 9.26. The number of nitrogens with one attached hydrogen (secondary N) is 1. The molecule has 2 rings (SSSR count). The normalized spacial score (nSPS) is 20.0. The van der Waals surface area contributed by atoms with Crippen molar-refractivity contribution in [2.75, 3.05) is 11.9 Å². The molecule has 0 saturated carbocycles. The van der Waals surface area contributed by atoms with E-state index in [0.29, 0.717) is 5.56 Å². The lowest BCUT2D eigenvalue weighted by Gasteiger charge is -2.24. The Balaban J connectivity index is 2.32. The Labute approximate surface area is 76.7 Å². The molecule has 0 radical (unpaired) electrons. The van der Waals surface area contributed by atoms with E-state index in [0.717, 1.165) is 18.0 Å². The van der Waals surface area contributed by atoms with E-state index in [2.05, 4.69) is 5.32 Å². The van der Waals surface area contributed by atoms with Crippen molar-refractivity contribution in [1.82, 2.24) is 0 Å². The maximum Gasteiger partial charge on any atom is 0.143 e. The summed E-state index contributed by atoms with van der Waals surface area (Å²) in [5.74, 6) is 0.758. The molecule has 0 saturated heterocycles. The van der Waals surface area contributed by atoms with Crippen LogP contribution in [0.25, 0.3) is 0 Å². The van der Waals surface area contributed by atoms with Crippen molar-refractivity contribution < 1.29 is 9.13 Å². The molecule has 1 N–H and O–H groups in total. The van der Waals surface area contributed by atoms with E-state index in [9.17, 15) is 4.39 Å². The second-order valence-corrected chi connectivity index (χ2v) is 3.27. The Bertz CT molecular complexity index is 314. The smallest absolute Gasteiger partial charge is 0.143 e. The van der Waals surface area contributed by atoms with Crippen LogP contribution in [0.4, 0.5) is 10.1 Å². The van der Waals surface area contributed by atoms with Gasteiger partial charge >= 0.3 is 0 Å². The van der Waals surface area contributed by atoms with Crippen LogP contribution in [0.2, 0.25) is 0 Å². The largest absolute Gasteiger partial charge is 0.487 e. The number of ether oxygens (including phenoxy) is 1. The second-order valence-electron chi connectivity index (χ2n) is 3.27. The zero-order valence-electron chi connectivity index (χ0n) is 7.51. The van der Waals surface area contributed by atoms with Gasteiger partial charge in [0.2, 0.25) is 0 Å². The van der Waals surface area contributed by atoms with E-state index in [4.69, 9.17) is 4.74 Å². The van der Waals surface area contributed by atoms with Crippen molar-refractivity contribution in [3.63, 3.8) is 0 Å². The van der Waals surface area contributed by atoms with Crippen molar-refractivity contribution in [3.8, 4) is 5.75 Å². The van der Waals surface area contributed by atoms with Gasteiger partial charge in [0.25, 0.3) is 0 Å². The first-order valence-corrected chi connectivity index (χ1v) is 4.39. The van der Waals surface area contributed by atoms with Gasteiger partial charge in [-0.15, -0.1) is 0 Å². The lowest BCUT2D eigenvalue weighted by molar-refractivity contribution is 0.225. The van der Waals surface area contributed by atoms with E-state index in [1.165, 1.54) is 0 Å². The van der Waals surface area contributed by atoms with E-state index in [1.54, 1.807) is 12.1 Å². The molecule has 1 unspecified atom stereocenters. The lowest BCUT2D eigenvalue weighted by atomic mass is 10.1. The van der Waals surface area contributed by atoms with E-state index < -0.39 is 6.67 Å². The summed E-state index contributed by atoms with van der Waals surface area (Å²) in [6, 6.07) is 5.37. The van der Waals surface area contributed by atoms with Crippen LogP contribution in [-0.2, 0) is 6.67 Å². The van der Waals surface area contributed by atoms with Gasteiger partial charge in [0.05, 0.1) is 12.2 Å². The molecule has 3 heteroatoms. The van der Waals surface area contributed by atoms with Crippen LogP contribution in [0.5, 0.6) is 5.75 Å². The molecule has 0 aromatic heterocycles. The summed E-state index contributed by atoms with van der Waals surface area (Å²) in [5.41, 5.74) is 1.62. The van der Waals surface area contributed by atoms with E-state index >= 15 is 0 Å². The van der Waals surface area contributed by atoms with Crippen LogP contribution in [-0.4, -0.2) is 12.6 Å². The Morgan fingerprint density at radius 1 is 1.62 bits per heavy atom. The summed E-state index contributed by atoms with van der Waals surface area (Å²) >= 11 is 0. The van der Waals surface area contributed by atoms with Gasteiger partial charge < -0.3 is 10.1 Å². The molecule has 70 valence electrons. The first-order valence-electron chi connectivity index (χ1n) is 4.39. The molecular weight excluding hydrogens is 169 g/mol. The van der Waals surface area contributed by atoms with Crippen molar-refractivity contribution in [2.45, 2.75) is 19.7 Å². The molecule has 13 heavy (non-hydrogen) atoms. The van der Waals surface area contributed by atoms with Crippen LogP contribution >= 0.6 is 0 Å². The zero-order valence-corrected chi connectivity index (χ0v) is 7.51. The molecule has 1 aliphatic rings. The Hall–Kier alpha value is -1.25. The van der Waals surface area contributed by atoms with Gasteiger partial charge in [0, 0.05) is 0 Å². The van der Waals surface area contributed by atoms with Crippen molar-refractivity contribution in [1.29, 1.82) is 0 Å². The van der Waals surface area contributed by atoms with Crippen LogP contribution in [0.1, 0.15) is 12.5 Å². The summed E-state index contributed by atoms with van der Waals surface area (Å²) in [4.78, 5) is 0. The minimum absolute atomic E-state index is 0.155. The monoisotopic (exact) mass is 181 g/mol. The number of hydrogen-bond acceptors (Lipinski definition) is 2. The Morgan fingerprint density at radius 2 is 2.46 bits per heavy atom. The molecule has 0 amide bonds. The maximum atomic E-state index is 12.3. The fourth-order valence-electron chi connectivity index (χ4n) is 1.41. The Morgan fingerprint density at radius 3 is 3.23 bits per heavy atom. The summed E-state index contributed by atoms with van der Waals surface area (Å²) < 4.78 is 17.9. The first kappa shape index (κ1) is 8.35. The fraction of sp³-hybridized carbons (Fsp3) is 0.400. The van der Waals surface area contributed by atoms with Gasteiger partial charge in [-0.2, -0.15) is 0 Å². The fourth-order valence-corrected chi connectivity index (χ4v) is 1.41. The molecule has 1 aromatic rings. The molecule has 1 atom stereocenters. The van der Waals surface area contributed by atoms with Gasteiger partial charge in [-0.1, -0.05) is 6.07 Å². The molecule has 2 nitrogen and oxygen atoms in total. The lowest BCUT2D eigenvalue weighted by Crippen LogP contribution is -2.27. The second kappa shape index (κ2) is 3.24. The Kier molecular flexibility index (Phi) is 2.08. The predicted octanol–water partition coefficient (Wildman–Crippen LogP) is 2.35. The third-order valence-corrected chi connectivity index (χ3v) is 2.11. The van der Waals surface area contributed by atoms with Crippen molar-refractivity contribution in [2.24, 2.45) is 0 Å². The average molecular weight is 181 g/mol. The van der Waals surface area contributed by atoms with Crippen LogP contribution < -0.4 is 10.1 Å². The standard InChI is InChI=1S/C10H12FNO/c1-7-6-12-9-3-2-8(5-11)4-10(9)13-7/h2-4,7,12H,5-6H2,1H3. The summed E-state index contributed by atoms with van der Waals surface area (Å²) in [6.45, 7) is 2.35. The quantitative estimate of drug-likeness (QED) is 0.718. The third kappa shape index (κ3) is 1.59. The third-order valence-electron chi connectivity index (χ3n) is 2.11. The highest BCUT2D eigenvalue weighted by Crippen LogP contribution is 2.30. The number of anilines is 1. The molecule has 0 bridgehead atoms. The van der Waals surface area contributed by atoms with Crippen molar-refractivity contribution >= 4 is 5.69 Å². The van der Waals surface area contributed by atoms with Crippen LogP contribution in [0.3, 0.4) is 0 Å². The summed E-state index contributed by atoms with van der Waals surface area (Å²) in [7, 11) is 0. The van der Waals surface area contributed by atoms with Gasteiger partial charge in [0.15, 0.2) is 0 Å². The molecule has 0 spiro atoms. The molecule has 1 heterocycles. The number of fused-ring (bicyclic) bond motifs is 1. The number of benzene rings is 1. The molecular formula is C10H12FNO. The van der Waals surface area contributed by atoms with Gasteiger partial charge in [-0.25, -0.2) is 4.39 Å². The van der Waals surface area contributed by atoms with Gasteiger partial charge in [-0.05, 0) is 24.6 Å². The summed E-state index contributed by atoms with van der Waals surface area (Å²) in [6.07, 6.45) is 0.155. The molecule has 0 fully saturated rings.